The largest absolute Gasteiger partial charge is 0.481 e. The van der Waals surface area contributed by atoms with Crippen molar-refractivity contribution in [1.29, 1.82) is 0 Å². The maximum atomic E-state index is 12.6. The zero-order valence-electron chi connectivity index (χ0n) is 13.3. The Morgan fingerprint density at radius 1 is 1.19 bits per heavy atom. The molecule has 0 bridgehead atoms. The molecule has 1 N–H and O–H groups in total. The molecule has 0 aromatic carbocycles. The lowest BCUT2D eigenvalue weighted by Gasteiger charge is -2.36. The fourth-order valence-corrected chi connectivity index (χ4v) is 3.09. The molecule has 2 fully saturated rings. The second-order valence-electron chi connectivity index (χ2n) is 6.92. The van der Waals surface area contributed by atoms with Crippen molar-refractivity contribution in [2.24, 2.45) is 11.8 Å². The minimum Gasteiger partial charge on any atom is -0.481 e. The van der Waals surface area contributed by atoms with Crippen molar-refractivity contribution in [3.05, 3.63) is 0 Å². The monoisotopic (exact) mass is 296 g/mol. The Bertz CT molecular complexity index is 372. The molecule has 2 aliphatic rings. The summed E-state index contributed by atoms with van der Waals surface area (Å²) in [6, 6.07) is 0.660. The van der Waals surface area contributed by atoms with Crippen LogP contribution in [-0.4, -0.2) is 52.6 Å². The predicted octanol–water partition coefficient (Wildman–Crippen LogP) is 2.80. The van der Waals surface area contributed by atoms with E-state index in [9.17, 15) is 9.59 Å². The number of piperidine rings is 1. The van der Waals surface area contributed by atoms with Crippen LogP contribution in [0, 0.1) is 11.8 Å². The first-order valence-electron chi connectivity index (χ1n) is 8.24. The molecule has 1 saturated heterocycles. The molecule has 0 atom stereocenters. The molecule has 5 nitrogen and oxygen atoms in total. The van der Waals surface area contributed by atoms with Gasteiger partial charge in [0, 0.05) is 32.1 Å². The third-order valence-corrected chi connectivity index (χ3v) is 4.45. The van der Waals surface area contributed by atoms with Crippen LogP contribution < -0.4 is 0 Å². The maximum Gasteiger partial charge on any atom is 0.320 e. The minimum atomic E-state index is -0.717. The van der Waals surface area contributed by atoms with Crippen LogP contribution in [0.2, 0.25) is 0 Å². The molecule has 1 saturated carbocycles. The molecule has 0 radical (unpaired) electrons. The number of hydrogen-bond acceptors (Lipinski definition) is 2. The molecular weight excluding hydrogens is 268 g/mol. The van der Waals surface area contributed by atoms with E-state index >= 15 is 0 Å². The van der Waals surface area contributed by atoms with Crippen LogP contribution in [0.15, 0.2) is 0 Å². The maximum absolute atomic E-state index is 12.6. The van der Waals surface area contributed by atoms with Gasteiger partial charge in [0.2, 0.25) is 0 Å². The number of amides is 2. The molecule has 0 aromatic heterocycles. The van der Waals surface area contributed by atoms with E-state index < -0.39 is 5.97 Å². The Balaban J connectivity index is 1.80. The summed E-state index contributed by atoms with van der Waals surface area (Å²) in [5.74, 6) is 0.248. The third kappa shape index (κ3) is 4.90. The van der Waals surface area contributed by atoms with Gasteiger partial charge in [-0.25, -0.2) is 4.79 Å². The number of urea groups is 1. The van der Waals surface area contributed by atoms with E-state index in [1.165, 1.54) is 0 Å². The first-order chi connectivity index (χ1) is 9.97. The minimum absolute atomic E-state index is 0.197. The lowest BCUT2D eigenvalue weighted by molar-refractivity contribution is -0.137. The van der Waals surface area contributed by atoms with Crippen LogP contribution in [-0.2, 0) is 4.79 Å². The van der Waals surface area contributed by atoms with Crippen LogP contribution >= 0.6 is 0 Å². The molecule has 0 spiro atoms. The summed E-state index contributed by atoms with van der Waals surface area (Å²) in [5.41, 5.74) is 0. The summed E-state index contributed by atoms with van der Waals surface area (Å²) in [4.78, 5) is 27.3. The first-order valence-corrected chi connectivity index (χ1v) is 8.24. The number of carboxylic acids is 1. The highest BCUT2D eigenvalue weighted by Gasteiger charge is 2.36. The smallest absolute Gasteiger partial charge is 0.320 e. The summed E-state index contributed by atoms with van der Waals surface area (Å²) in [6.45, 7) is 6.72. The summed E-state index contributed by atoms with van der Waals surface area (Å²) in [7, 11) is 0. The molecule has 0 aromatic rings. The van der Waals surface area contributed by atoms with E-state index in [-0.39, 0.29) is 12.5 Å². The van der Waals surface area contributed by atoms with Crippen molar-refractivity contribution in [3.63, 3.8) is 0 Å². The van der Waals surface area contributed by atoms with E-state index in [0.717, 1.165) is 51.7 Å². The van der Waals surface area contributed by atoms with E-state index in [2.05, 4.69) is 18.7 Å². The second-order valence-corrected chi connectivity index (χ2v) is 6.92. The van der Waals surface area contributed by atoms with Crippen molar-refractivity contribution in [3.8, 4) is 0 Å². The summed E-state index contributed by atoms with van der Waals surface area (Å²) in [6.07, 6.45) is 5.18. The van der Waals surface area contributed by atoms with Crippen molar-refractivity contribution in [2.75, 3.05) is 19.6 Å². The van der Waals surface area contributed by atoms with Crippen LogP contribution in [0.5, 0.6) is 0 Å². The molecule has 2 amide bonds. The lowest BCUT2D eigenvalue weighted by Crippen LogP contribution is -2.48. The molecule has 1 heterocycles. The molecule has 21 heavy (non-hydrogen) atoms. The molecule has 1 aliphatic carbocycles. The topological polar surface area (TPSA) is 60.9 Å². The highest BCUT2D eigenvalue weighted by Crippen LogP contribution is 2.30. The Kier molecular flexibility index (Phi) is 5.48. The van der Waals surface area contributed by atoms with Gasteiger partial charge in [0.25, 0.3) is 0 Å². The lowest BCUT2D eigenvalue weighted by atomic mass is 9.92. The Morgan fingerprint density at radius 3 is 2.29 bits per heavy atom. The average molecular weight is 296 g/mol. The predicted molar refractivity (Wildman–Crippen MR) is 81.1 cm³/mol. The van der Waals surface area contributed by atoms with Crippen LogP contribution in [0.25, 0.3) is 0 Å². The molecule has 2 rings (SSSR count). The van der Waals surface area contributed by atoms with Gasteiger partial charge in [0.05, 0.1) is 0 Å². The van der Waals surface area contributed by atoms with Crippen LogP contribution in [0.1, 0.15) is 52.4 Å². The van der Waals surface area contributed by atoms with Crippen LogP contribution in [0.4, 0.5) is 4.79 Å². The van der Waals surface area contributed by atoms with Gasteiger partial charge >= 0.3 is 12.0 Å². The van der Waals surface area contributed by atoms with E-state index in [4.69, 9.17) is 5.11 Å². The molecular formula is C16H28N2O3. The van der Waals surface area contributed by atoms with Gasteiger partial charge in [0.15, 0.2) is 0 Å². The van der Waals surface area contributed by atoms with Gasteiger partial charge in [-0.3, -0.25) is 4.79 Å². The summed E-state index contributed by atoms with van der Waals surface area (Å²) in [5, 5.41) is 8.74. The number of likely N-dealkylation sites (tertiary alicyclic amines) is 1. The Labute approximate surface area is 127 Å². The SMILES string of the molecule is CC(C)CN(C(=O)N1CCC(CCC(=O)O)CC1)C1CC1. The number of rotatable bonds is 6. The van der Waals surface area contributed by atoms with Gasteiger partial charge in [-0.15, -0.1) is 0 Å². The van der Waals surface area contributed by atoms with Gasteiger partial charge in [-0.2, -0.15) is 0 Å². The molecule has 5 heteroatoms. The quantitative estimate of drug-likeness (QED) is 0.820. The summed E-state index contributed by atoms with van der Waals surface area (Å²) < 4.78 is 0. The Morgan fingerprint density at radius 2 is 1.81 bits per heavy atom. The summed E-state index contributed by atoms with van der Waals surface area (Å²) >= 11 is 0. The number of carbonyl (C=O) groups excluding carboxylic acids is 1. The standard InChI is InChI=1S/C16H28N2O3/c1-12(2)11-18(14-4-5-14)16(21)17-9-7-13(8-10-17)3-6-15(19)20/h12-14H,3-11H2,1-2H3,(H,19,20). The highest BCUT2D eigenvalue weighted by atomic mass is 16.4. The zero-order valence-corrected chi connectivity index (χ0v) is 13.3. The van der Waals surface area contributed by atoms with E-state index in [0.29, 0.717) is 17.9 Å². The number of nitrogens with zero attached hydrogens (tertiary/aromatic N) is 2. The fraction of sp³-hybridized carbons (Fsp3) is 0.875. The molecule has 120 valence electrons. The number of carbonyl (C=O) groups is 2. The zero-order chi connectivity index (χ0) is 15.4. The average Bonchev–Trinajstić information content (AvgIpc) is 3.26. The highest BCUT2D eigenvalue weighted by molar-refractivity contribution is 5.75. The van der Waals surface area contributed by atoms with Gasteiger partial charge in [-0.1, -0.05) is 13.8 Å². The van der Waals surface area contributed by atoms with Crippen molar-refractivity contribution >= 4 is 12.0 Å². The van der Waals surface area contributed by atoms with Crippen molar-refractivity contribution < 1.29 is 14.7 Å². The van der Waals surface area contributed by atoms with E-state index in [1.807, 2.05) is 4.90 Å². The van der Waals surface area contributed by atoms with E-state index in [1.54, 1.807) is 0 Å². The third-order valence-electron chi connectivity index (χ3n) is 4.45. The second kappa shape index (κ2) is 7.14. The number of aliphatic carboxylic acids is 1. The molecule has 0 unspecified atom stereocenters. The van der Waals surface area contributed by atoms with Gasteiger partial charge < -0.3 is 14.9 Å². The van der Waals surface area contributed by atoms with Crippen LogP contribution in [0.3, 0.4) is 0 Å². The Hall–Kier alpha value is -1.26. The fourth-order valence-electron chi connectivity index (χ4n) is 3.09. The van der Waals surface area contributed by atoms with Crippen molar-refractivity contribution in [1.82, 2.24) is 9.80 Å². The number of hydrogen-bond donors (Lipinski definition) is 1. The van der Waals surface area contributed by atoms with Gasteiger partial charge in [0.1, 0.15) is 0 Å². The van der Waals surface area contributed by atoms with Gasteiger partial charge in [-0.05, 0) is 43.9 Å². The number of carboxylic acid groups (broad SMARTS) is 1. The first kappa shape index (κ1) is 16.1. The normalized spacial score (nSPS) is 19.9. The van der Waals surface area contributed by atoms with Crippen molar-refractivity contribution in [2.45, 2.75) is 58.4 Å². The molecule has 1 aliphatic heterocycles.